The van der Waals surface area contributed by atoms with Crippen molar-refractivity contribution in [1.82, 2.24) is 10.3 Å². The monoisotopic (exact) mass is 738 g/mol. The lowest BCUT2D eigenvalue weighted by Crippen LogP contribution is -2.66. The van der Waals surface area contributed by atoms with Crippen molar-refractivity contribution in [3.63, 3.8) is 0 Å². The zero-order valence-electron chi connectivity index (χ0n) is 33.0. The fraction of sp³-hybridized carbons (Fsp3) is 0.767. The van der Waals surface area contributed by atoms with Gasteiger partial charge in [-0.2, -0.15) is 0 Å². The molecule has 0 aromatic carbocycles. The maximum absolute atomic E-state index is 14.0. The van der Waals surface area contributed by atoms with Crippen molar-refractivity contribution >= 4 is 29.3 Å². The summed E-state index contributed by atoms with van der Waals surface area (Å²) in [5.74, 6) is -0.0169. The highest BCUT2D eigenvalue weighted by Crippen LogP contribution is 2.77. The number of ketones is 1. The first-order chi connectivity index (χ1) is 24.1. The summed E-state index contributed by atoms with van der Waals surface area (Å²) in [5, 5.41) is 25.8. The zero-order valence-corrected chi connectivity index (χ0v) is 33.8. The van der Waals surface area contributed by atoms with Gasteiger partial charge in [0.1, 0.15) is 6.10 Å². The van der Waals surface area contributed by atoms with Crippen molar-refractivity contribution in [1.29, 1.82) is 0 Å². The number of Topliss-reactive ketones (excluding diaryl/α,β-unsaturated/α-hetero) is 1. The highest BCUT2D eigenvalue weighted by molar-refractivity contribution is 6.30. The van der Waals surface area contributed by atoms with E-state index >= 15 is 0 Å². The van der Waals surface area contributed by atoms with E-state index in [-0.39, 0.29) is 51.8 Å². The Morgan fingerprint density at radius 2 is 1.71 bits per heavy atom. The first kappa shape index (κ1) is 39.4. The van der Waals surface area contributed by atoms with Crippen LogP contribution in [-0.4, -0.2) is 51.7 Å². The van der Waals surface area contributed by atoms with Crippen LogP contribution in [0.1, 0.15) is 132 Å². The fourth-order valence-corrected chi connectivity index (χ4v) is 13.1. The van der Waals surface area contributed by atoms with Crippen LogP contribution in [0, 0.1) is 56.2 Å². The topological polar surface area (TPSA) is 126 Å². The standard InChI is InChI=1S/C43H63ClN2O6/c1-25(2)35-29(47)20-43(32(48)24-45-23-27-11-10-26(44)22-46-27)19-18-41(8)28(36(35)43)12-13-31-40(7)16-15-33(52-34(49)21-38(3,4)37(50)51)39(5,6)30(40)14-17-42(31,41)9/h10-11,22,25,28,30-33,45,48H,12-21,23-24H2,1-9H3,(H,50,51)/t28-,30+,31-,32?,33+,40+,41-,42-,43?/m1/s1. The molecule has 1 heterocycles. The van der Waals surface area contributed by atoms with Crippen LogP contribution in [0.25, 0.3) is 0 Å². The first-order valence-corrected chi connectivity index (χ1v) is 20.2. The van der Waals surface area contributed by atoms with Gasteiger partial charge in [-0.15, -0.1) is 0 Å². The largest absolute Gasteiger partial charge is 0.481 e. The number of pyridine rings is 1. The highest BCUT2D eigenvalue weighted by atomic mass is 35.5. The molecule has 0 aliphatic heterocycles. The second-order valence-corrected chi connectivity index (χ2v) is 20.1. The van der Waals surface area contributed by atoms with E-state index in [0.29, 0.717) is 36.4 Å². The Hall–Kier alpha value is -2.29. The molecule has 5 aliphatic carbocycles. The number of ether oxygens (including phenoxy) is 1. The molecule has 1 aromatic heterocycles. The molecule has 2 unspecified atom stereocenters. The fourth-order valence-electron chi connectivity index (χ4n) is 13.0. The van der Waals surface area contributed by atoms with Gasteiger partial charge in [0.05, 0.1) is 28.7 Å². The van der Waals surface area contributed by atoms with Crippen LogP contribution in [0.2, 0.25) is 5.02 Å². The molecule has 3 N–H and O–H groups in total. The van der Waals surface area contributed by atoms with Crippen molar-refractivity contribution in [2.45, 2.75) is 145 Å². The van der Waals surface area contributed by atoms with E-state index in [2.05, 4.69) is 58.8 Å². The average molecular weight is 739 g/mol. The second kappa shape index (κ2) is 13.5. The number of carbonyl (C=O) groups is 3. The number of aliphatic hydroxyl groups is 1. The lowest BCUT2D eigenvalue weighted by atomic mass is 9.33. The third kappa shape index (κ3) is 6.09. The number of aliphatic carboxylic acids is 1. The molecule has 6 rings (SSSR count). The van der Waals surface area contributed by atoms with Crippen molar-refractivity contribution in [3.05, 3.63) is 40.2 Å². The predicted octanol–water partition coefficient (Wildman–Crippen LogP) is 8.58. The number of rotatable bonds is 10. The Balaban J connectivity index is 1.26. The molecule has 1 aromatic rings. The Kier molecular flexibility index (Phi) is 10.2. The summed E-state index contributed by atoms with van der Waals surface area (Å²) in [6.45, 7) is 20.5. The lowest BCUT2D eigenvalue weighted by Gasteiger charge is -2.72. The van der Waals surface area contributed by atoms with E-state index in [1.807, 2.05) is 12.1 Å². The number of aromatic nitrogens is 1. The molecule has 9 atom stereocenters. The highest BCUT2D eigenvalue weighted by Gasteiger charge is 2.70. The third-order valence-corrected chi connectivity index (χ3v) is 16.2. The van der Waals surface area contributed by atoms with E-state index < -0.39 is 28.9 Å². The van der Waals surface area contributed by atoms with Gasteiger partial charge in [0, 0.05) is 36.5 Å². The van der Waals surface area contributed by atoms with Crippen molar-refractivity contribution in [2.24, 2.45) is 56.2 Å². The molecule has 0 radical (unpaired) electrons. The Bertz CT molecular complexity index is 1620. The minimum Gasteiger partial charge on any atom is -0.481 e. The Morgan fingerprint density at radius 1 is 1.00 bits per heavy atom. The average Bonchev–Trinajstić information content (AvgIpc) is 3.36. The summed E-state index contributed by atoms with van der Waals surface area (Å²) < 4.78 is 6.16. The summed E-state index contributed by atoms with van der Waals surface area (Å²) in [5.41, 5.74) is 1.22. The maximum Gasteiger partial charge on any atom is 0.309 e. The number of halogens is 1. The number of hydrogen-bond donors (Lipinski definition) is 3. The third-order valence-electron chi connectivity index (χ3n) is 15.9. The van der Waals surface area contributed by atoms with Gasteiger partial charge in [-0.1, -0.05) is 65.6 Å². The summed E-state index contributed by atoms with van der Waals surface area (Å²) in [6.07, 6.45) is 8.69. The minimum absolute atomic E-state index is 0.0241. The van der Waals surface area contributed by atoms with Gasteiger partial charge in [-0.05, 0) is 123 Å². The smallest absolute Gasteiger partial charge is 0.309 e. The van der Waals surface area contributed by atoms with E-state index in [9.17, 15) is 24.6 Å². The van der Waals surface area contributed by atoms with E-state index in [1.54, 1.807) is 20.0 Å². The number of nitrogens with one attached hydrogen (secondary N) is 1. The van der Waals surface area contributed by atoms with Crippen LogP contribution in [0.3, 0.4) is 0 Å². The molecule has 4 fully saturated rings. The molecule has 4 saturated carbocycles. The number of carboxylic acid groups (broad SMARTS) is 1. The number of nitrogens with zero attached hydrogens (tertiary/aromatic N) is 1. The number of allylic oxidation sites excluding steroid dienone is 1. The van der Waals surface area contributed by atoms with Crippen molar-refractivity contribution in [3.8, 4) is 0 Å². The van der Waals surface area contributed by atoms with Gasteiger partial charge in [-0.3, -0.25) is 19.4 Å². The summed E-state index contributed by atoms with van der Waals surface area (Å²) >= 11 is 6.04. The molecular formula is C43H63ClN2O6. The van der Waals surface area contributed by atoms with Crippen LogP contribution in [0.4, 0.5) is 0 Å². The summed E-state index contributed by atoms with van der Waals surface area (Å²) in [7, 11) is 0. The molecule has 8 nitrogen and oxygen atoms in total. The number of aliphatic hydroxyl groups excluding tert-OH is 1. The van der Waals surface area contributed by atoms with Crippen molar-refractivity contribution in [2.75, 3.05) is 6.54 Å². The van der Waals surface area contributed by atoms with Gasteiger partial charge in [0.15, 0.2) is 5.78 Å². The van der Waals surface area contributed by atoms with Crippen LogP contribution < -0.4 is 5.32 Å². The summed E-state index contributed by atoms with van der Waals surface area (Å²) in [4.78, 5) is 43.2. The van der Waals surface area contributed by atoms with Gasteiger partial charge in [-0.25, -0.2) is 0 Å². The number of carbonyl (C=O) groups excluding carboxylic acids is 2. The maximum atomic E-state index is 14.0. The first-order valence-electron chi connectivity index (χ1n) is 19.8. The molecule has 5 aliphatic rings. The number of carboxylic acids is 1. The lowest BCUT2D eigenvalue weighted by molar-refractivity contribution is -0.235. The van der Waals surface area contributed by atoms with Crippen LogP contribution in [0.15, 0.2) is 29.5 Å². The second-order valence-electron chi connectivity index (χ2n) is 19.7. The molecule has 0 bridgehead atoms. The zero-order chi connectivity index (χ0) is 38.2. The predicted molar refractivity (Wildman–Crippen MR) is 202 cm³/mol. The Morgan fingerprint density at radius 3 is 2.35 bits per heavy atom. The van der Waals surface area contributed by atoms with Gasteiger partial charge < -0.3 is 20.3 Å². The minimum atomic E-state index is -1.17. The van der Waals surface area contributed by atoms with Gasteiger partial charge >= 0.3 is 11.9 Å². The van der Waals surface area contributed by atoms with Gasteiger partial charge in [0.25, 0.3) is 0 Å². The molecule has 288 valence electrons. The SMILES string of the molecule is CC(C)C1=C2[C@H]3CC[C@@H]4[C@@]5(C)CC[C@H](OC(=O)CC(C)(C)C(=O)O)C(C)(C)[C@@H]5CC[C@@]4(C)[C@]3(C)CCC2(C(O)CNCc2ccc(Cl)cn2)CC1=O. The molecule has 9 heteroatoms. The quantitative estimate of drug-likeness (QED) is 0.204. The molecule has 52 heavy (non-hydrogen) atoms. The number of fused-ring (bicyclic) bond motifs is 7. The molecular weight excluding hydrogens is 676 g/mol. The van der Waals surface area contributed by atoms with E-state index in [0.717, 1.165) is 62.6 Å². The van der Waals surface area contributed by atoms with Crippen molar-refractivity contribution < 1.29 is 29.3 Å². The Labute approximate surface area is 316 Å². The molecule has 0 spiro atoms. The normalized spacial score (nSPS) is 37.5. The van der Waals surface area contributed by atoms with E-state index in [1.165, 1.54) is 5.57 Å². The van der Waals surface area contributed by atoms with Crippen LogP contribution in [-0.2, 0) is 25.7 Å². The van der Waals surface area contributed by atoms with E-state index in [4.69, 9.17) is 16.3 Å². The number of esters is 1. The summed E-state index contributed by atoms with van der Waals surface area (Å²) in [6, 6.07) is 3.72. The number of hydrogen-bond acceptors (Lipinski definition) is 7. The molecule has 0 amide bonds. The van der Waals surface area contributed by atoms with Crippen LogP contribution >= 0.6 is 11.6 Å². The van der Waals surface area contributed by atoms with Crippen LogP contribution in [0.5, 0.6) is 0 Å². The molecule has 0 saturated heterocycles. The van der Waals surface area contributed by atoms with Gasteiger partial charge in [0.2, 0.25) is 0 Å².